The topological polar surface area (TPSA) is 75.4 Å². The highest BCUT2D eigenvalue weighted by Crippen LogP contribution is 2.20. The Morgan fingerprint density at radius 1 is 1.53 bits per heavy atom. The van der Waals surface area contributed by atoms with E-state index in [-0.39, 0.29) is 17.3 Å². The molecule has 1 amide bonds. The molecule has 0 unspecified atom stereocenters. The van der Waals surface area contributed by atoms with Gasteiger partial charge < -0.3 is 16.2 Å². The Morgan fingerprint density at radius 2 is 2.29 bits per heavy atom. The number of phenolic OH excluding ortho intramolecular Hbond substituents is 1. The fraction of sp³-hybridized carbons (Fsp3) is 0.417. The van der Waals surface area contributed by atoms with Gasteiger partial charge in [-0.1, -0.05) is 6.92 Å². The summed E-state index contributed by atoms with van der Waals surface area (Å²) in [5, 5.41) is 12.2. The van der Waals surface area contributed by atoms with Gasteiger partial charge in [0, 0.05) is 12.1 Å². The quantitative estimate of drug-likeness (QED) is 0.411. The third-order valence-corrected chi connectivity index (χ3v) is 3.23. The van der Waals surface area contributed by atoms with Crippen LogP contribution in [0.5, 0.6) is 5.75 Å². The number of nitrogens with two attached hydrogens (primary N) is 1. The number of anilines is 1. The van der Waals surface area contributed by atoms with E-state index in [1.165, 1.54) is 12.1 Å². The molecule has 0 aliphatic rings. The highest BCUT2D eigenvalue weighted by molar-refractivity contribution is 7.99. The van der Waals surface area contributed by atoms with Crippen LogP contribution >= 0.6 is 11.8 Å². The van der Waals surface area contributed by atoms with Crippen LogP contribution in [-0.4, -0.2) is 29.1 Å². The van der Waals surface area contributed by atoms with E-state index in [0.29, 0.717) is 12.1 Å². The van der Waals surface area contributed by atoms with E-state index in [1.807, 2.05) is 11.8 Å². The van der Waals surface area contributed by atoms with Gasteiger partial charge in [-0.3, -0.25) is 4.79 Å². The Morgan fingerprint density at radius 3 is 2.94 bits per heavy atom. The molecule has 0 aromatic heterocycles. The summed E-state index contributed by atoms with van der Waals surface area (Å²) in [6.45, 7) is 2.76. The second-order valence-electron chi connectivity index (χ2n) is 3.58. The Kier molecular flexibility index (Phi) is 5.69. The number of nitrogens with one attached hydrogen (secondary N) is 1. The molecule has 0 aliphatic carbocycles. The van der Waals surface area contributed by atoms with Crippen molar-refractivity contribution < 1.29 is 9.90 Å². The van der Waals surface area contributed by atoms with Crippen molar-refractivity contribution in [1.82, 2.24) is 5.32 Å². The molecule has 1 aromatic carbocycles. The van der Waals surface area contributed by atoms with Gasteiger partial charge in [0.25, 0.3) is 5.91 Å². The van der Waals surface area contributed by atoms with Crippen molar-refractivity contribution in [1.29, 1.82) is 0 Å². The molecule has 5 heteroatoms. The maximum absolute atomic E-state index is 11.7. The van der Waals surface area contributed by atoms with E-state index in [0.717, 1.165) is 17.9 Å². The number of nitrogen functional groups attached to an aromatic ring is 1. The lowest BCUT2D eigenvalue weighted by Crippen LogP contribution is -2.24. The lowest BCUT2D eigenvalue weighted by atomic mass is 10.2. The molecule has 1 rings (SSSR count). The van der Waals surface area contributed by atoms with Gasteiger partial charge in [-0.15, -0.1) is 0 Å². The maximum atomic E-state index is 11.7. The highest BCUT2D eigenvalue weighted by Gasteiger charge is 2.06. The molecule has 1 aromatic rings. The third kappa shape index (κ3) is 4.56. The average molecular weight is 254 g/mol. The van der Waals surface area contributed by atoms with Crippen LogP contribution in [0.4, 0.5) is 5.69 Å². The Hall–Kier alpha value is -1.36. The largest absolute Gasteiger partial charge is 0.506 e. The molecule has 0 bridgehead atoms. The lowest BCUT2D eigenvalue weighted by molar-refractivity contribution is 0.0953. The molecular formula is C12H18N2O2S. The molecule has 0 atom stereocenters. The van der Waals surface area contributed by atoms with Crippen LogP contribution in [0.3, 0.4) is 0 Å². The smallest absolute Gasteiger partial charge is 0.251 e. The Balaban J connectivity index is 2.39. The number of rotatable bonds is 6. The van der Waals surface area contributed by atoms with Crippen LogP contribution in [0.25, 0.3) is 0 Å². The van der Waals surface area contributed by atoms with Crippen molar-refractivity contribution >= 4 is 23.4 Å². The van der Waals surface area contributed by atoms with Crippen molar-refractivity contribution in [2.75, 3.05) is 23.8 Å². The molecule has 0 aliphatic heterocycles. The van der Waals surface area contributed by atoms with E-state index in [1.54, 1.807) is 6.07 Å². The molecule has 0 saturated heterocycles. The summed E-state index contributed by atoms with van der Waals surface area (Å²) in [7, 11) is 0. The minimum atomic E-state index is -0.179. The number of amides is 1. The van der Waals surface area contributed by atoms with Gasteiger partial charge in [0.05, 0.1) is 5.69 Å². The molecule has 17 heavy (non-hydrogen) atoms. The standard InChI is InChI=1S/C12H18N2O2S/c1-2-17-7-3-6-14-12(16)9-4-5-10(13)11(15)8-9/h4-5,8,15H,2-3,6-7,13H2,1H3,(H,14,16). The second kappa shape index (κ2) is 7.06. The third-order valence-electron chi connectivity index (χ3n) is 2.25. The van der Waals surface area contributed by atoms with Crippen molar-refractivity contribution in [2.24, 2.45) is 0 Å². The summed E-state index contributed by atoms with van der Waals surface area (Å²) < 4.78 is 0. The van der Waals surface area contributed by atoms with Crippen molar-refractivity contribution in [3.63, 3.8) is 0 Å². The summed E-state index contributed by atoms with van der Waals surface area (Å²) in [6.07, 6.45) is 0.950. The number of carbonyl (C=O) groups excluding carboxylic acids is 1. The molecule has 0 saturated carbocycles. The van der Waals surface area contributed by atoms with Crippen molar-refractivity contribution in [3.05, 3.63) is 23.8 Å². The maximum Gasteiger partial charge on any atom is 0.251 e. The number of thioether (sulfide) groups is 1. The minimum absolute atomic E-state index is 0.0563. The summed E-state index contributed by atoms with van der Waals surface area (Å²) in [4.78, 5) is 11.7. The van der Waals surface area contributed by atoms with Gasteiger partial charge in [-0.25, -0.2) is 0 Å². The fourth-order valence-corrected chi connectivity index (χ4v) is 1.94. The van der Waals surface area contributed by atoms with Crippen LogP contribution in [-0.2, 0) is 0 Å². The predicted octanol–water partition coefficient (Wildman–Crippen LogP) is 1.85. The zero-order chi connectivity index (χ0) is 12.7. The van der Waals surface area contributed by atoms with Crippen molar-refractivity contribution in [2.45, 2.75) is 13.3 Å². The summed E-state index contributed by atoms with van der Waals surface area (Å²) in [5.74, 6) is 1.91. The molecule has 0 heterocycles. The molecule has 4 nitrogen and oxygen atoms in total. The van der Waals surface area contributed by atoms with Gasteiger partial charge in [0.1, 0.15) is 5.75 Å². The molecule has 0 radical (unpaired) electrons. The number of carbonyl (C=O) groups is 1. The second-order valence-corrected chi connectivity index (χ2v) is 4.97. The first-order valence-corrected chi connectivity index (χ1v) is 6.75. The first-order valence-electron chi connectivity index (χ1n) is 5.59. The van der Waals surface area contributed by atoms with E-state index < -0.39 is 0 Å². The SMILES string of the molecule is CCSCCCNC(=O)c1ccc(N)c(O)c1. The Bertz CT molecular complexity index is 383. The van der Waals surface area contributed by atoms with E-state index in [9.17, 15) is 9.90 Å². The van der Waals surface area contributed by atoms with Gasteiger partial charge in [-0.2, -0.15) is 11.8 Å². The van der Waals surface area contributed by atoms with Crippen LogP contribution < -0.4 is 11.1 Å². The molecule has 94 valence electrons. The van der Waals surface area contributed by atoms with E-state index >= 15 is 0 Å². The van der Waals surface area contributed by atoms with Gasteiger partial charge in [-0.05, 0) is 36.1 Å². The Labute approximate surface area is 106 Å². The number of aromatic hydroxyl groups is 1. The lowest BCUT2D eigenvalue weighted by Gasteiger charge is -2.06. The van der Waals surface area contributed by atoms with Crippen LogP contribution in [0.2, 0.25) is 0 Å². The van der Waals surface area contributed by atoms with Gasteiger partial charge in [0.15, 0.2) is 0 Å². The van der Waals surface area contributed by atoms with Crippen LogP contribution in [0, 0.1) is 0 Å². The number of hydrogen-bond acceptors (Lipinski definition) is 4. The molecule has 0 spiro atoms. The fourth-order valence-electron chi connectivity index (χ4n) is 1.31. The predicted molar refractivity (Wildman–Crippen MR) is 72.5 cm³/mol. The monoisotopic (exact) mass is 254 g/mol. The van der Waals surface area contributed by atoms with E-state index in [4.69, 9.17) is 5.73 Å². The van der Waals surface area contributed by atoms with Gasteiger partial charge >= 0.3 is 0 Å². The zero-order valence-electron chi connectivity index (χ0n) is 9.90. The minimum Gasteiger partial charge on any atom is -0.506 e. The summed E-state index contributed by atoms with van der Waals surface area (Å²) in [5.41, 5.74) is 6.17. The molecule has 0 fully saturated rings. The number of hydrogen-bond donors (Lipinski definition) is 3. The first-order chi connectivity index (χ1) is 8.15. The average Bonchev–Trinajstić information content (AvgIpc) is 2.32. The van der Waals surface area contributed by atoms with Gasteiger partial charge in [0.2, 0.25) is 0 Å². The summed E-state index contributed by atoms with van der Waals surface area (Å²) in [6, 6.07) is 4.51. The highest BCUT2D eigenvalue weighted by atomic mass is 32.2. The molecular weight excluding hydrogens is 236 g/mol. The number of phenols is 1. The molecule has 4 N–H and O–H groups in total. The van der Waals surface area contributed by atoms with Crippen molar-refractivity contribution in [3.8, 4) is 5.75 Å². The number of benzene rings is 1. The normalized spacial score (nSPS) is 10.2. The van der Waals surface area contributed by atoms with Crippen LogP contribution in [0.15, 0.2) is 18.2 Å². The first kappa shape index (κ1) is 13.7. The summed E-state index contributed by atoms with van der Waals surface area (Å²) >= 11 is 1.85. The van der Waals surface area contributed by atoms with E-state index in [2.05, 4.69) is 12.2 Å². The van der Waals surface area contributed by atoms with Crippen LogP contribution in [0.1, 0.15) is 23.7 Å². The zero-order valence-corrected chi connectivity index (χ0v) is 10.7.